The van der Waals surface area contributed by atoms with Crippen LogP contribution in [-0.2, 0) is 4.74 Å². The minimum absolute atomic E-state index is 0.286. The molecule has 0 radical (unpaired) electrons. The Morgan fingerprint density at radius 1 is 0.872 bits per heavy atom. The Bertz CT molecular complexity index is 1140. The Morgan fingerprint density at radius 2 is 1.56 bits per heavy atom. The van der Waals surface area contributed by atoms with Crippen LogP contribution in [0.25, 0.3) is 22.6 Å². The molecule has 2 heterocycles. The Labute approximate surface area is 233 Å². The molecule has 1 aliphatic rings. The molecule has 0 atom stereocenters. The van der Waals surface area contributed by atoms with Crippen molar-refractivity contribution in [3.05, 3.63) is 48.4 Å². The molecule has 7 nitrogen and oxygen atoms in total. The number of rotatable bonds is 15. The van der Waals surface area contributed by atoms with Gasteiger partial charge in [0.2, 0.25) is 0 Å². The lowest BCUT2D eigenvalue weighted by molar-refractivity contribution is 0.0322. The summed E-state index contributed by atoms with van der Waals surface area (Å²) in [4.78, 5) is 7.01. The maximum atomic E-state index is 6.29. The van der Waals surface area contributed by atoms with Crippen LogP contribution in [0.2, 0.25) is 0 Å². The smallest absolute Gasteiger partial charge is 0.182 e. The van der Waals surface area contributed by atoms with Crippen LogP contribution < -0.4 is 14.2 Å². The fourth-order valence-corrected chi connectivity index (χ4v) is 4.57. The van der Waals surface area contributed by atoms with E-state index < -0.39 is 0 Å². The molecule has 2 aromatic carbocycles. The lowest BCUT2D eigenvalue weighted by Gasteiger charge is -2.26. The molecule has 0 unspecified atom stereocenters. The molecule has 0 N–H and O–H groups in total. The summed E-state index contributed by atoms with van der Waals surface area (Å²) in [5.74, 6) is 3.50. The first-order valence-electron chi connectivity index (χ1n) is 14.5. The number of unbranched alkanes of at least 4 members (excludes halogenated alkanes) is 2. The SMILES string of the molecule is CCCCOc1cc(OCCCC)c(C(C)C)cc1-c1ncoc1-c1ccc(OCCN2CCOCC2)cc1. The normalized spacial score (nSPS) is 14.1. The van der Waals surface area contributed by atoms with Crippen LogP contribution >= 0.6 is 0 Å². The van der Waals surface area contributed by atoms with Crippen molar-refractivity contribution in [2.24, 2.45) is 0 Å². The highest BCUT2D eigenvalue weighted by Crippen LogP contribution is 2.42. The molecule has 1 saturated heterocycles. The van der Waals surface area contributed by atoms with Crippen LogP contribution in [0.1, 0.15) is 64.9 Å². The summed E-state index contributed by atoms with van der Waals surface area (Å²) >= 11 is 0. The molecule has 4 rings (SSSR count). The molecule has 7 heteroatoms. The molecule has 1 aliphatic heterocycles. The molecular weight excluding hydrogens is 492 g/mol. The molecular formula is C32H44N2O5. The van der Waals surface area contributed by atoms with E-state index in [0.29, 0.717) is 25.6 Å². The van der Waals surface area contributed by atoms with Crippen LogP contribution in [0.4, 0.5) is 0 Å². The van der Waals surface area contributed by atoms with Gasteiger partial charge in [0.1, 0.15) is 29.5 Å². The van der Waals surface area contributed by atoms with Crippen LogP contribution in [0.5, 0.6) is 17.2 Å². The minimum Gasteiger partial charge on any atom is -0.493 e. The van der Waals surface area contributed by atoms with E-state index in [0.717, 1.165) is 98.2 Å². The van der Waals surface area contributed by atoms with Crippen molar-refractivity contribution in [2.75, 3.05) is 52.7 Å². The van der Waals surface area contributed by atoms with Crippen LogP contribution in [-0.4, -0.2) is 62.6 Å². The predicted octanol–water partition coefficient (Wildman–Crippen LogP) is 7.20. The van der Waals surface area contributed by atoms with E-state index in [9.17, 15) is 0 Å². The monoisotopic (exact) mass is 536 g/mol. The second-order valence-corrected chi connectivity index (χ2v) is 10.3. The molecule has 212 valence electrons. The van der Waals surface area contributed by atoms with Crippen molar-refractivity contribution in [3.8, 4) is 39.8 Å². The zero-order valence-electron chi connectivity index (χ0n) is 24.0. The topological polar surface area (TPSA) is 66.2 Å². The summed E-state index contributed by atoms with van der Waals surface area (Å²) in [5.41, 5.74) is 3.77. The second kappa shape index (κ2) is 14.9. The number of oxazole rings is 1. The van der Waals surface area contributed by atoms with Crippen molar-refractivity contribution in [1.82, 2.24) is 9.88 Å². The first-order chi connectivity index (χ1) is 19.1. The lowest BCUT2D eigenvalue weighted by atomic mass is 9.96. The third-order valence-electron chi connectivity index (χ3n) is 6.96. The van der Waals surface area contributed by atoms with Gasteiger partial charge in [-0.2, -0.15) is 0 Å². The van der Waals surface area contributed by atoms with Gasteiger partial charge in [0, 0.05) is 36.8 Å². The summed E-state index contributed by atoms with van der Waals surface area (Å²) in [5, 5.41) is 0. The predicted molar refractivity (Wildman–Crippen MR) is 155 cm³/mol. The average molecular weight is 537 g/mol. The van der Waals surface area contributed by atoms with Gasteiger partial charge in [0.15, 0.2) is 12.2 Å². The first kappa shape index (κ1) is 29.0. The Hall–Kier alpha value is -3.03. The molecule has 39 heavy (non-hydrogen) atoms. The second-order valence-electron chi connectivity index (χ2n) is 10.3. The lowest BCUT2D eigenvalue weighted by Crippen LogP contribution is -2.38. The largest absolute Gasteiger partial charge is 0.493 e. The zero-order chi connectivity index (χ0) is 27.5. The third-order valence-corrected chi connectivity index (χ3v) is 6.96. The first-order valence-corrected chi connectivity index (χ1v) is 14.5. The van der Waals surface area contributed by atoms with E-state index in [-0.39, 0.29) is 5.92 Å². The molecule has 0 aliphatic carbocycles. The standard InChI is InChI=1S/C32H44N2O5/c1-5-7-16-37-29-22-30(38-17-8-6-2)28(21-27(29)24(3)4)31-32(39-23-33-31)25-9-11-26(12-10-25)36-20-15-34-13-18-35-19-14-34/h9-12,21-24H,5-8,13-20H2,1-4H3. The van der Waals surface area contributed by atoms with E-state index in [1.807, 2.05) is 30.3 Å². The molecule has 0 bridgehead atoms. The fraction of sp³-hybridized carbons (Fsp3) is 0.531. The van der Waals surface area contributed by atoms with Gasteiger partial charge in [-0.15, -0.1) is 0 Å². The van der Waals surface area contributed by atoms with Gasteiger partial charge in [-0.05, 0) is 54.7 Å². The van der Waals surface area contributed by atoms with Crippen molar-refractivity contribution in [3.63, 3.8) is 0 Å². The molecule has 0 saturated carbocycles. The van der Waals surface area contributed by atoms with Crippen molar-refractivity contribution < 1.29 is 23.4 Å². The quantitative estimate of drug-likeness (QED) is 0.190. The van der Waals surface area contributed by atoms with Crippen molar-refractivity contribution in [1.29, 1.82) is 0 Å². The number of benzene rings is 2. The van der Waals surface area contributed by atoms with Crippen molar-refractivity contribution >= 4 is 0 Å². The fourth-order valence-electron chi connectivity index (χ4n) is 4.57. The molecule has 0 amide bonds. The molecule has 3 aromatic rings. The highest BCUT2D eigenvalue weighted by Gasteiger charge is 2.22. The van der Waals surface area contributed by atoms with Gasteiger partial charge in [-0.25, -0.2) is 4.98 Å². The Kier molecular flexibility index (Phi) is 11.1. The van der Waals surface area contributed by atoms with Crippen LogP contribution in [0, 0.1) is 0 Å². The van der Waals surface area contributed by atoms with Gasteiger partial charge in [0.25, 0.3) is 0 Å². The van der Waals surface area contributed by atoms with E-state index in [2.05, 4.69) is 43.6 Å². The molecule has 0 spiro atoms. The summed E-state index contributed by atoms with van der Waals surface area (Å²) in [6.07, 6.45) is 5.67. The van der Waals surface area contributed by atoms with Crippen LogP contribution in [0.3, 0.4) is 0 Å². The zero-order valence-corrected chi connectivity index (χ0v) is 24.0. The number of ether oxygens (including phenoxy) is 4. The number of hydrogen-bond donors (Lipinski definition) is 0. The maximum Gasteiger partial charge on any atom is 0.182 e. The minimum atomic E-state index is 0.286. The summed E-state index contributed by atoms with van der Waals surface area (Å²) < 4.78 is 29.9. The summed E-state index contributed by atoms with van der Waals surface area (Å²) in [7, 11) is 0. The maximum absolute atomic E-state index is 6.29. The highest BCUT2D eigenvalue weighted by molar-refractivity contribution is 5.81. The number of hydrogen-bond acceptors (Lipinski definition) is 7. The van der Waals surface area contributed by atoms with E-state index in [1.165, 1.54) is 6.39 Å². The van der Waals surface area contributed by atoms with E-state index >= 15 is 0 Å². The molecule has 1 aromatic heterocycles. The summed E-state index contributed by atoms with van der Waals surface area (Å²) in [6, 6.07) is 12.2. The van der Waals surface area contributed by atoms with E-state index in [4.69, 9.17) is 23.4 Å². The van der Waals surface area contributed by atoms with Gasteiger partial charge in [-0.1, -0.05) is 40.5 Å². The van der Waals surface area contributed by atoms with Gasteiger partial charge >= 0.3 is 0 Å². The Balaban J connectivity index is 1.56. The summed E-state index contributed by atoms with van der Waals surface area (Å²) in [6.45, 7) is 15.1. The Morgan fingerprint density at radius 3 is 2.23 bits per heavy atom. The van der Waals surface area contributed by atoms with Crippen LogP contribution in [0.15, 0.2) is 47.2 Å². The average Bonchev–Trinajstić information content (AvgIpc) is 3.44. The van der Waals surface area contributed by atoms with Gasteiger partial charge in [-0.3, -0.25) is 4.90 Å². The van der Waals surface area contributed by atoms with E-state index in [1.54, 1.807) is 0 Å². The highest BCUT2D eigenvalue weighted by atomic mass is 16.5. The van der Waals surface area contributed by atoms with Gasteiger partial charge < -0.3 is 23.4 Å². The number of nitrogens with zero attached hydrogens (tertiary/aromatic N) is 2. The number of morpholine rings is 1. The molecule has 1 fully saturated rings. The van der Waals surface area contributed by atoms with Gasteiger partial charge in [0.05, 0.1) is 26.4 Å². The van der Waals surface area contributed by atoms with Crippen molar-refractivity contribution in [2.45, 2.75) is 59.3 Å². The number of aromatic nitrogens is 1. The third kappa shape index (κ3) is 7.99.